The average Bonchev–Trinajstić information content (AvgIpc) is 3.27. The third-order valence-electron chi connectivity index (χ3n) is 5.63. The van der Waals surface area contributed by atoms with Crippen LogP contribution in [0.4, 0.5) is 13.2 Å². The molecule has 174 valence electrons. The Morgan fingerprint density at radius 3 is 2.06 bits per heavy atom. The lowest BCUT2D eigenvalue weighted by Crippen LogP contribution is -3.09. The summed E-state index contributed by atoms with van der Waals surface area (Å²) in [5.41, 5.74) is 2.52. The highest BCUT2D eigenvalue weighted by Crippen LogP contribution is 2.32. The quantitative estimate of drug-likeness (QED) is 0.506. The van der Waals surface area contributed by atoms with Crippen molar-refractivity contribution in [3.05, 3.63) is 89.0 Å². The van der Waals surface area contributed by atoms with Gasteiger partial charge in [0.25, 0.3) is 0 Å². The largest absolute Gasteiger partial charge is 0.494 e. The van der Waals surface area contributed by atoms with Crippen LogP contribution >= 0.6 is 0 Å². The molecule has 0 spiro atoms. The summed E-state index contributed by atoms with van der Waals surface area (Å²) in [6.07, 6.45) is -3.52. The van der Waals surface area contributed by atoms with E-state index in [1.54, 1.807) is 12.1 Å². The van der Waals surface area contributed by atoms with Gasteiger partial charge in [-0.15, -0.1) is 0 Å². The van der Waals surface area contributed by atoms with E-state index in [4.69, 9.17) is 14.2 Å². The van der Waals surface area contributed by atoms with Gasteiger partial charge in [-0.2, -0.15) is 13.2 Å². The van der Waals surface area contributed by atoms with E-state index in [9.17, 15) is 13.2 Å². The number of benzene rings is 3. The Balaban J connectivity index is 1.47. The van der Waals surface area contributed by atoms with E-state index >= 15 is 0 Å². The molecule has 0 saturated carbocycles. The lowest BCUT2D eigenvalue weighted by molar-refractivity contribution is -0.927. The molecule has 3 aromatic carbocycles. The second kappa shape index (κ2) is 10.2. The van der Waals surface area contributed by atoms with Crippen molar-refractivity contribution in [2.75, 3.05) is 19.9 Å². The number of hydrogen-bond donors (Lipinski definition) is 1. The molecule has 0 amide bonds. The molecule has 3 aromatic rings. The van der Waals surface area contributed by atoms with Crippen molar-refractivity contribution in [2.24, 2.45) is 0 Å². The fourth-order valence-corrected chi connectivity index (χ4v) is 3.92. The van der Waals surface area contributed by atoms with Crippen molar-refractivity contribution < 1.29 is 32.3 Å². The van der Waals surface area contributed by atoms with Crippen LogP contribution in [0.3, 0.4) is 0 Å². The second-order valence-corrected chi connectivity index (χ2v) is 8.06. The van der Waals surface area contributed by atoms with Gasteiger partial charge in [0.15, 0.2) is 11.5 Å². The predicted molar refractivity (Wildman–Crippen MR) is 119 cm³/mol. The zero-order valence-corrected chi connectivity index (χ0v) is 18.5. The van der Waals surface area contributed by atoms with Crippen molar-refractivity contribution >= 4 is 0 Å². The lowest BCUT2D eigenvalue weighted by atomic mass is 10.1. The molecule has 1 N–H and O–H groups in total. The van der Waals surface area contributed by atoms with Crippen molar-refractivity contribution in [3.8, 4) is 17.2 Å². The first-order valence-electron chi connectivity index (χ1n) is 11.0. The lowest BCUT2D eigenvalue weighted by Gasteiger charge is -2.20. The first kappa shape index (κ1) is 23.0. The van der Waals surface area contributed by atoms with Crippen LogP contribution in [0.2, 0.25) is 0 Å². The monoisotopic (exact) mass is 458 g/mol. The molecule has 1 aliphatic heterocycles. The van der Waals surface area contributed by atoms with Gasteiger partial charge in [0, 0.05) is 17.5 Å². The van der Waals surface area contributed by atoms with Gasteiger partial charge < -0.3 is 19.1 Å². The van der Waals surface area contributed by atoms with Crippen LogP contribution in [-0.2, 0) is 25.7 Å². The minimum atomic E-state index is -4.33. The third-order valence-corrected chi connectivity index (χ3v) is 5.63. The summed E-state index contributed by atoms with van der Waals surface area (Å²) >= 11 is 0. The fraction of sp³-hybridized carbons (Fsp3) is 0.308. The molecule has 0 aromatic heterocycles. The third kappa shape index (κ3) is 6.20. The minimum absolute atomic E-state index is 0.238. The highest BCUT2D eigenvalue weighted by Gasteiger charge is 2.30. The molecule has 1 unspecified atom stereocenters. The van der Waals surface area contributed by atoms with Gasteiger partial charge >= 0.3 is 6.18 Å². The Morgan fingerprint density at radius 2 is 1.42 bits per heavy atom. The van der Waals surface area contributed by atoms with Gasteiger partial charge in [0.1, 0.15) is 18.8 Å². The Morgan fingerprint density at radius 1 is 0.818 bits per heavy atom. The summed E-state index contributed by atoms with van der Waals surface area (Å²) in [5.74, 6) is 2.33. The van der Waals surface area contributed by atoms with Crippen molar-refractivity contribution in [3.63, 3.8) is 0 Å². The van der Waals surface area contributed by atoms with Crippen molar-refractivity contribution in [2.45, 2.75) is 32.6 Å². The molecule has 1 heterocycles. The number of ether oxygens (including phenoxy) is 3. The number of halogens is 3. The zero-order chi connectivity index (χ0) is 23.3. The van der Waals surface area contributed by atoms with Crippen LogP contribution in [0.15, 0.2) is 66.7 Å². The molecule has 0 saturated heterocycles. The van der Waals surface area contributed by atoms with Crippen LogP contribution in [0, 0.1) is 0 Å². The fourth-order valence-electron chi connectivity index (χ4n) is 3.92. The average molecular weight is 459 g/mol. The number of hydrogen-bond acceptors (Lipinski definition) is 3. The Hall–Kier alpha value is -3.19. The molecular weight excluding hydrogens is 431 g/mol. The van der Waals surface area contributed by atoms with E-state index in [-0.39, 0.29) is 6.79 Å². The number of fused-ring (bicyclic) bond motifs is 1. The van der Waals surface area contributed by atoms with E-state index in [0.717, 1.165) is 65.6 Å². The molecule has 0 aliphatic carbocycles. The van der Waals surface area contributed by atoms with E-state index in [2.05, 4.69) is 0 Å². The maximum absolute atomic E-state index is 12.9. The highest BCUT2D eigenvalue weighted by atomic mass is 19.4. The molecule has 4 nitrogen and oxygen atoms in total. The predicted octanol–water partition coefficient (Wildman–Crippen LogP) is 4.66. The topological polar surface area (TPSA) is 32.1 Å². The molecular formula is C26H27F3NO3+. The molecule has 0 radical (unpaired) electrons. The molecule has 4 rings (SSSR count). The van der Waals surface area contributed by atoms with Gasteiger partial charge in [0.2, 0.25) is 6.79 Å². The molecule has 0 bridgehead atoms. The van der Waals surface area contributed by atoms with Crippen LogP contribution in [0.25, 0.3) is 0 Å². The van der Waals surface area contributed by atoms with Crippen molar-refractivity contribution in [1.82, 2.24) is 0 Å². The van der Waals surface area contributed by atoms with Crippen LogP contribution in [0.5, 0.6) is 17.2 Å². The first-order valence-corrected chi connectivity index (χ1v) is 11.0. The number of quaternary nitrogens is 1. The highest BCUT2D eigenvalue weighted by molar-refractivity contribution is 5.44. The minimum Gasteiger partial charge on any atom is -0.494 e. The standard InChI is InChI=1S/C26H26F3NO3/c1-2-31-23-10-5-21(6-11-23)17-30(16-20-3-8-22(9-4-20)26(27,28)29)14-13-19-7-12-24-25(15-19)33-18-32-24/h3-12,15H,2,13-14,16-18H2,1H3/p+1. The maximum atomic E-state index is 12.9. The Bertz CT molecular complexity index is 1050. The second-order valence-electron chi connectivity index (χ2n) is 8.06. The summed E-state index contributed by atoms with van der Waals surface area (Å²) in [6, 6.07) is 19.4. The normalized spacial score (nSPS) is 13.7. The SMILES string of the molecule is CCOc1ccc(C[NH+](CCc2ccc3c(c2)OCO3)Cc2ccc(C(F)(F)F)cc2)cc1. The van der Waals surface area contributed by atoms with E-state index in [1.807, 2.05) is 49.4 Å². The smallest absolute Gasteiger partial charge is 0.416 e. The van der Waals surface area contributed by atoms with E-state index in [1.165, 1.54) is 4.90 Å². The number of rotatable bonds is 9. The molecule has 1 atom stereocenters. The van der Waals surface area contributed by atoms with E-state index in [0.29, 0.717) is 13.2 Å². The molecule has 1 aliphatic rings. The summed E-state index contributed by atoms with van der Waals surface area (Å²) < 4.78 is 55.2. The van der Waals surface area contributed by atoms with Gasteiger partial charge in [-0.3, -0.25) is 0 Å². The molecule has 33 heavy (non-hydrogen) atoms. The van der Waals surface area contributed by atoms with E-state index < -0.39 is 11.7 Å². The van der Waals surface area contributed by atoms with Crippen molar-refractivity contribution in [1.29, 1.82) is 0 Å². The van der Waals surface area contributed by atoms with Crippen LogP contribution < -0.4 is 19.1 Å². The first-order chi connectivity index (χ1) is 15.9. The van der Waals surface area contributed by atoms with Gasteiger partial charge in [-0.25, -0.2) is 0 Å². The maximum Gasteiger partial charge on any atom is 0.416 e. The van der Waals surface area contributed by atoms with Crippen LogP contribution in [-0.4, -0.2) is 19.9 Å². The summed E-state index contributed by atoms with van der Waals surface area (Å²) in [7, 11) is 0. The van der Waals surface area contributed by atoms with Crippen LogP contribution in [0.1, 0.15) is 29.2 Å². The summed E-state index contributed by atoms with van der Waals surface area (Å²) in [5, 5.41) is 0. The summed E-state index contributed by atoms with van der Waals surface area (Å²) in [6.45, 7) is 4.98. The van der Waals surface area contributed by atoms with Gasteiger partial charge in [-0.1, -0.05) is 18.2 Å². The number of alkyl halides is 3. The number of nitrogens with one attached hydrogen (secondary N) is 1. The van der Waals surface area contributed by atoms with Gasteiger partial charge in [0.05, 0.1) is 18.7 Å². The van der Waals surface area contributed by atoms with Gasteiger partial charge in [-0.05, 0) is 61.0 Å². The Kier molecular flexibility index (Phi) is 7.08. The Labute approximate surface area is 191 Å². The zero-order valence-electron chi connectivity index (χ0n) is 18.5. The summed E-state index contributed by atoms with van der Waals surface area (Å²) in [4.78, 5) is 1.25. The molecule has 7 heteroatoms. The molecule has 0 fully saturated rings.